The van der Waals surface area contributed by atoms with E-state index in [1.807, 2.05) is 0 Å². The Morgan fingerprint density at radius 3 is 1.20 bits per heavy atom. The summed E-state index contributed by atoms with van der Waals surface area (Å²) in [6.07, 6.45) is 0. The van der Waals surface area contributed by atoms with E-state index >= 15 is 0 Å². The fourth-order valence-electron chi connectivity index (χ4n) is 6.39. The van der Waals surface area contributed by atoms with Crippen LogP contribution in [0.4, 0.5) is 23.3 Å². The second-order valence-electron chi connectivity index (χ2n) is 10.4. The number of benzene rings is 8. The minimum atomic E-state index is 0.112. The van der Waals surface area contributed by atoms with Gasteiger partial charge in [-0.1, -0.05) is 97.1 Å². The molecule has 0 atom stereocenters. The van der Waals surface area contributed by atoms with E-state index in [2.05, 4.69) is 130 Å². The van der Waals surface area contributed by atoms with Crippen molar-refractivity contribution in [3.63, 3.8) is 0 Å². The minimum absolute atomic E-state index is 0.112. The van der Waals surface area contributed by atoms with Gasteiger partial charge in [0.2, 0.25) is 17.2 Å². The van der Waals surface area contributed by atoms with Crippen molar-refractivity contribution >= 4 is 99.5 Å². The Morgan fingerprint density at radius 1 is 0.390 bits per heavy atom. The van der Waals surface area contributed by atoms with Crippen molar-refractivity contribution in [2.24, 2.45) is 0 Å². The molecule has 192 valence electrons. The van der Waals surface area contributed by atoms with Crippen LogP contribution in [0.5, 0.6) is 0 Å². The first kappa shape index (κ1) is 22.5. The van der Waals surface area contributed by atoms with Gasteiger partial charge in [0.05, 0.1) is 0 Å². The molecule has 0 amide bonds. The summed E-state index contributed by atoms with van der Waals surface area (Å²) in [5.74, 6) is 0.750. The summed E-state index contributed by atoms with van der Waals surface area (Å²) in [7, 11) is 0. The largest absolute Gasteiger partial charge is 0.323 e. The molecule has 1 aromatic heterocycles. The summed E-state index contributed by atoms with van der Waals surface area (Å²) in [6.45, 7) is 0. The predicted octanol–water partition coefficient (Wildman–Crippen LogP) is 9.81. The molecule has 9 rings (SSSR count). The van der Waals surface area contributed by atoms with Crippen LogP contribution < -0.4 is 10.6 Å². The third kappa shape index (κ3) is 3.39. The average Bonchev–Trinajstić information content (AvgIpc) is 3.00. The Kier molecular flexibility index (Phi) is 4.60. The lowest BCUT2D eigenvalue weighted by atomic mass is 9.93. The molecular weight excluding hydrogens is 526 g/mol. The van der Waals surface area contributed by atoms with Gasteiger partial charge in [0.15, 0.2) is 0 Å². The summed E-state index contributed by atoms with van der Waals surface area (Å²) in [5.41, 5.74) is 1.82. The smallest absolute Gasteiger partial charge is 0.233 e. The van der Waals surface area contributed by atoms with Gasteiger partial charge in [-0.15, -0.1) is 0 Å². The highest BCUT2D eigenvalue weighted by atomic mass is 35.5. The van der Waals surface area contributed by atoms with Crippen molar-refractivity contribution in [3.8, 4) is 0 Å². The Morgan fingerprint density at radius 2 is 0.756 bits per heavy atom. The molecule has 2 N–H and O–H groups in total. The van der Waals surface area contributed by atoms with Crippen LogP contribution in [0, 0.1) is 0 Å². The van der Waals surface area contributed by atoms with Crippen LogP contribution in [0.3, 0.4) is 0 Å². The molecule has 8 aromatic carbocycles. The molecule has 6 heteroatoms. The van der Waals surface area contributed by atoms with E-state index in [9.17, 15) is 0 Å². The summed E-state index contributed by atoms with van der Waals surface area (Å²) in [6, 6.07) is 38.5. The molecule has 0 aliphatic rings. The Balaban J connectivity index is 1.14. The average molecular weight is 546 g/mol. The van der Waals surface area contributed by atoms with E-state index in [4.69, 9.17) is 16.6 Å². The first-order valence-electron chi connectivity index (χ1n) is 13.5. The van der Waals surface area contributed by atoms with Crippen molar-refractivity contribution in [1.29, 1.82) is 0 Å². The second kappa shape index (κ2) is 8.37. The van der Waals surface area contributed by atoms with Crippen molar-refractivity contribution in [2.45, 2.75) is 0 Å². The molecule has 0 radical (unpaired) electrons. The van der Waals surface area contributed by atoms with Gasteiger partial charge >= 0.3 is 0 Å². The monoisotopic (exact) mass is 545 g/mol. The summed E-state index contributed by atoms with van der Waals surface area (Å²) in [5, 5.41) is 21.4. The lowest BCUT2D eigenvalue weighted by Gasteiger charge is -2.16. The number of nitrogens with one attached hydrogen (secondary N) is 2. The van der Waals surface area contributed by atoms with E-state index in [1.54, 1.807) is 0 Å². The van der Waals surface area contributed by atoms with E-state index in [1.165, 1.54) is 53.9 Å². The number of hydrogen-bond donors (Lipinski definition) is 2. The number of nitrogens with zero attached hydrogens (tertiary/aromatic N) is 3. The number of halogens is 1. The molecule has 1 heterocycles. The van der Waals surface area contributed by atoms with E-state index in [0.717, 1.165) is 22.1 Å². The molecule has 0 aliphatic heterocycles. The van der Waals surface area contributed by atoms with Gasteiger partial charge in [-0.25, -0.2) is 0 Å². The zero-order chi connectivity index (χ0) is 27.1. The van der Waals surface area contributed by atoms with Crippen molar-refractivity contribution in [2.75, 3.05) is 10.6 Å². The maximum atomic E-state index is 6.42. The van der Waals surface area contributed by atoms with Gasteiger partial charge in [-0.2, -0.15) is 15.0 Å². The maximum absolute atomic E-state index is 6.42. The van der Waals surface area contributed by atoms with Crippen molar-refractivity contribution in [1.82, 2.24) is 15.0 Å². The zero-order valence-corrected chi connectivity index (χ0v) is 22.4. The molecule has 0 spiro atoms. The third-order valence-electron chi connectivity index (χ3n) is 8.16. The molecule has 0 saturated carbocycles. The third-order valence-corrected chi connectivity index (χ3v) is 8.33. The van der Waals surface area contributed by atoms with Gasteiger partial charge in [0, 0.05) is 22.1 Å². The topological polar surface area (TPSA) is 62.7 Å². The molecule has 0 saturated heterocycles. The second-order valence-corrected chi connectivity index (χ2v) is 10.8. The highest BCUT2D eigenvalue weighted by Gasteiger charge is 2.15. The first-order chi connectivity index (χ1) is 20.2. The molecule has 0 aliphatic carbocycles. The molecular formula is C35H20ClN5. The van der Waals surface area contributed by atoms with Crippen molar-refractivity contribution in [3.05, 3.63) is 114 Å². The van der Waals surface area contributed by atoms with Gasteiger partial charge in [0.1, 0.15) is 0 Å². The van der Waals surface area contributed by atoms with Crippen LogP contribution >= 0.6 is 11.6 Å². The maximum Gasteiger partial charge on any atom is 0.233 e. The van der Waals surface area contributed by atoms with Gasteiger partial charge in [-0.3, -0.25) is 0 Å². The van der Waals surface area contributed by atoms with Crippen LogP contribution in [0.15, 0.2) is 109 Å². The Hall–Kier alpha value is -5.26. The van der Waals surface area contributed by atoms with Gasteiger partial charge < -0.3 is 10.6 Å². The molecule has 0 bridgehead atoms. The van der Waals surface area contributed by atoms with E-state index in [-0.39, 0.29) is 5.28 Å². The summed E-state index contributed by atoms with van der Waals surface area (Å²) in [4.78, 5) is 13.5. The van der Waals surface area contributed by atoms with Crippen LogP contribution in [0.25, 0.3) is 64.6 Å². The number of aromatic nitrogens is 3. The SMILES string of the molecule is Clc1nc(Nc2ccc3ccc4cccc5ccc2c3c45)nc(Nc2ccc3ccc4cccc5ccc2c3c45)n1. The molecule has 41 heavy (non-hydrogen) atoms. The van der Waals surface area contributed by atoms with Crippen LogP contribution in [0.2, 0.25) is 5.28 Å². The van der Waals surface area contributed by atoms with Gasteiger partial charge in [-0.05, 0) is 77.6 Å². The number of anilines is 4. The fourth-order valence-corrected chi connectivity index (χ4v) is 6.55. The summed E-state index contributed by atoms with van der Waals surface area (Å²) >= 11 is 6.42. The summed E-state index contributed by atoms with van der Waals surface area (Å²) < 4.78 is 0. The standard InChI is InChI=1S/C35H20ClN5/c36-33-39-34(37-27-17-13-23-9-7-19-3-1-5-21-11-15-25(27)31(23)29(19)21)41-35(40-33)38-28-18-14-24-10-8-20-4-2-6-22-12-16-26(28)32(24)30(20)22/h1-18H,(H2,37,38,39,40,41). The van der Waals surface area contributed by atoms with Crippen molar-refractivity contribution < 1.29 is 0 Å². The van der Waals surface area contributed by atoms with E-state index in [0.29, 0.717) is 11.9 Å². The molecule has 9 aromatic rings. The minimum Gasteiger partial charge on any atom is -0.323 e. The van der Waals surface area contributed by atoms with Gasteiger partial charge in [0.25, 0.3) is 0 Å². The molecule has 0 fully saturated rings. The molecule has 5 nitrogen and oxygen atoms in total. The van der Waals surface area contributed by atoms with Crippen LogP contribution in [-0.2, 0) is 0 Å². The highest BCUT2D eigenvalue weighted by Crippen LogP contribution is 2.40. The molecule has 0 unspecified atom stereocenters. The first-order valence-corrected chi connectivity index (χ1v) is 13.9. The normalized spacial score (nSPS) is 12.0. The van der Waals surface area contributed by atoms with Crippen LogP contribution in [-0.4, -0.2) is 15.0 Å². The van der Waals surface area contributed by atoms with Crippen LogP contribution in [0.1, 0.15) is 0 Å². The Bertz CT molecular complexity index is 2250. The zero-order valence-electron chi connectivity index (χ0n) is 21.6. The number of rotatable bonds is 4. The fraction of sp³-hybridized carbons (Fsp3) is 0. The number of hydrogen-bond acceptors (Lipinski definition) is 5. The highest BCUT2D eigenvalue weighted by molar-refractivity contribution is 6.29. The predicted molar refractivity (Wildman–Crippen MR) is 172 cm³/mol. The van der Waals surface area contributed by atoms with E-state index < -0.39 is 0 Å². The Labute approximate surface area is 239 Å². The lowest BCUT2D eigenvalue weighted by molar-refractivity contribution is 1.06. The lowest BCUT2D eigenvalue weighted by Crippen LogP contribution is -2.04. The quantitative estimate of drug-likeness (QED) is 0.215.